The molecule has 0 spiro atoms. The van der Waals surface area contributed by atoms with Crippen LogP contribution in [0.2, 0.25) is 15.2 Å². The Morgan fingerprint density at radius 3 is 2.79 bits per heavy atom. The SMILES string of the molecule is Clc1cnc(Cl)c(Cl)c1[C@H]1CCCN1. The Balaban J connectivity index is 2.44. The molecule has 0 aromatic carbocycles. The summed E-state index contributed by atoms with van der Waals surface area (Å²) in [5, 5.41) is 4.70. The van der Waals surface area contributed by atoms with Gasteiger partial charge in [-0.2, -0.15) is 0 Å². The third-order valence-electron chi connectivity index (χ3n) is 2.37. The largest absolute Gasteiger partial charge is 0.310 e. The van der Waals surface area contributed by atoms with Gasteiger partial charge in [0.2, 0.25) is 0 Å². The number of rotatable bonds is 1. The number of nitrogens with zero attached hydrogens (tertiary/aromatic N) is 1. The van der Waals surface area contributed by atoms with Crippen LogP contribution in [-0.4, -0.2) is 11.5 Å². The minimum atomic E-state index is 0.218. The summed E-state index contributed by atoms with van der Waals surface area (Å²) in [6.45, 7) is 0.997. The van der Waals surface area contributed by atoms with Crippen molar-refractivity contribution in [1.29, 1.82) is 0 Å². The summed E-state index contributed by atoms with van der Waals surface area (Å²) < 4.78 is 0. The molecule has 1 aromatic rings. The molecule has 1 fully saturated rings. The van der Waals surface area contributed by atoms with Gasteiger partial charge < -0.3 is 5.32 Å². The lowest BCUT2D eigenvalue weighted by atomic mass is 10.1. The number of halogens is 3. The Labute approximate surface area is 97.6 Å². The van der Waals surface area contributed by atoms with Gasteiger partial charge >= 0.3 is 0 Å². The van der Waals surface area contributed by atoms with E-state index < -0.39 is 0 Å². The molecule has 1 N–H and O–H groups in total. The molecular weight excluding hydrogens is 242 g/mol. The van der Waals surface area contributed by atoms with Crippen LogP contribution in [0.1, 0.15) is 24.4 Å². The van der Waals surface area contributed by atoms with Crippen LogP contribution in [0.15, 0.2) is 6.20 Å². The molecule has 1 aliphatic rings. The fourth-order valence-corrected chi connectivity index (χ4v) is 2.46. The highest BCUT2D eigenvalue weighted by Gasteiger charge is 2.23. The van der Waals surface area contributed by atoms with E-state index in [2.05, 4.69) is 10.3 Å². The van der Waals surface area contributed by atoms with Crippen molar-refractivity contribution in [2.75, 3.05) is 6.54 Å². The van der Waals surface area contributed by atoms with E-state index in [9.17, 15) is 0 Å². The predicted molar refractivity (Wildman–Crippen MR) is 59.2 cm³/mol. The summed E-state index contributed by atoms with van der Waals surface area (Å²) in [6, 6.07) is 0.218. The van der Waals surface area contributed by atoms with Gasteiger partial charge in [0.15, 0.2) is 0 Å². The highest BCUT2D eigenvalue weighted by molar-refractivity contribution is 6.43. The lowest BCUT2D eigenvalue weighted by molar-refractivity contribution is 0.647. The van der Waals surface area contributed by atoms with Crippen molar-refractivity contribution >= 4 is 34.8 Å². The summed E-state index contributed by atoms with van der Waals surface area (Å²) in [7, 11) is 0. The van der Waals surface area contributed by atoms with E-state index in [0.717, 1.165) is 24.9 Å². The minimum absolute atomic E-state index is 0.218. The van der Waals surface area contributed by atoms with Crippen molar-refractivity contribution in [3.05, 3.63) is 27.0 Å². The molecule has 1 atom stereocenters. The zero-order valence-electron chi connectivity index (χ0n) is 7.36. The molecule has 1 saturated heterocycles. The van der Waals surface area contributed by atoms with Gasteiger partial charge in [0, 0.05) is 17.8 Å². The summed E-state index contributed by atoms with van der Waals surface area (Å²) >= 11 is 17.9. The number of pyridine rings is 1. The Morgan fingerprint density at radius 1 is 1.36 bits per heavy atom. The summed E-state index contributed by atoms with van der Waals surface area (Å²) in [4.78, 5) is 3.88. The first-order valence-corrected chi connectivity index (χ1v) is 5.56. The highest BCUT2D eigenvalue weighted by atomic mass is 35.5. The predicted octanol–water partition coefficient (Wildman–Crippen LogP) is 3.47. The molecule has 2 heterocycles. The summed E-state index contributed by atoms with van der Waals surface area (Å²) in [5.41, 5.74) is 0.880. The van der Waals surface area contributed by atoms with Crippen LogP contribution in [0, 0.1) is 0 Å². The molecule has 1 aromatic heterocycles. The van der Waals surface area contributed by atoms with Crippen molar-refractivity contribution in [3.8, 4) is 0 Å². The lowest BCUT2D eigenvalue weighted by Crippen LogP contribution is -2.14. The van der Waals surface area contributed by atoms with Crippen molar-refractivity contribution in [2.45, 2.75) is 18.9 Å². The van der Waals surface area contributed by atoms with Crippen LogP contribution in [0.4, 0.5) is 0 Å². The molecule has 0 aliphatic carbocycles. The van der Waals surface area contributed by atoms with Gasteiger partial charge in [0.25, 0.3) is 0 Å². The smallest absolute Gasteiger partial charge is 0.148 e. The first-order valence-electron chi connectivity index (χ1n) is 4.43. The Kier molecular flexibility index (Phi) is 3.17. The van der Waals surface area contributed by atoms with Gasteiger partial charge in [-0.15, -0.1) is 0 Å². The topological polar surface area (TPSA) is 24.9 Å². The van der Waals surface area contributed by atoms with Gasteiger partial charge in [-0.05, 0) is 19.4 Å². The fourth-order valence-electron chi connectivity index (χ4n) is 1.71. The van der Waals surface area contributed by atoms with E-state index >= 15 is 0 Å². The molecule has 2 rings (SSSR count). The van der Waals surface area contributed by atoms with E-state index in [0.29, 0.717) is 15.2 Å². The Hall–Kier alpha value is -0.0200. The van der Waals surface area contributed by atoms with E-state index in [-0.39, 0.29) is 6.04 Å². The average molecular weight is 252 g/mol. The number of nitrogens with one attached hydrogen (secondary N) is 1. The standard InChI is InChI=1S/C9H9Cl3N2/c10-5-4-14-9(12)8(11)7(5)6-2-1-3-13-6/h4,6,13H,1-3H2/t6-/m1/s1. The maximum absolute atomic E-state index is 6.06. The second-order valence-electron chi connectivity index (χ2n) is 3.27. The Morgan fingerprint density at radius 2 is 2.14 bits per heavy atom. The number of aromatic nitrogens is 1. The van der Waals surface area contributed by atoms with Gasteiger partial charge in [-0.25, -0.2) is 4.98 Å². The zero-order valence-corrected chi connectivity index (χ0v) is 9.62. The quantitative estimate of drug-likeness (QED) is 0.773. The van der Waals surface area contributed by atoms with Gasteiger partial charge in [-0.1, -0.05) is 34.8 Å². The molecule has 2 nitrogen and oxygen atoms in total. The van der Waals surface area contributed by atoms with Gasteiger partial charge in [0.1, 0.15) is 5.15 Å². The average Bonchev–Trinajstić information content (AvgIpc) is 2.65. The van der Waals surface area contributed by atoms with E-state index in [4.69, 9.17) is 34.8 Å². The second-order valence-corrected chi connectivity index (χ2v) is 4.42. The number of hydrogen-bond donors (Lipinski definition) is 1. The first kappa shape index (κ1) is 10.5. The lowest BCUT2D eigenvalue weighted by Gasteiger charge is -2.14. The molecule has 0 unspecified atom stereocenters. The van der Waals surface area contributed by atoms with Crippen molar-refractivity contribution < 1.29 is 0 Å². The molecule has 14 heavy (non-hydrogen) atoms. The van der Waals surface area contributed by atoms with Crippen LogP contribution in [-0.2, 0) is 0 Å². The maximum Gasteiger partial charge on any atom is 0.148 e. The van der Waals surface area contributed by atoms with Crippen molar-refractivity contribution in [3.63, 3.8) is 0 Å². The summed E-state index contributed by atoms with van der Waals surface area (Å²) in [5.74, 6) is 0. The second kappa shape index (κ2) is 4.23. The molecule has 5 heteroatoms. The Bertz CT molecular complexity index is 348. The van der Waals surface area contributed by atoms with E-state index in [1.165, 1.54) is 0 Å². The maximum atomic E-state index is 6.06. The van der Waals surface area contributed by atoms with E-state index in [1.807, 2.05) is 0 Å². The first-order chi connectivity index (χ1) is 6.70. The molecule has 76 valence electrons. The molecule has 0 amide bonds. The highest BCUT2D eigenvalue weighted by Crippen LogP contribution is 2.37. The zero-order chi connectivity index (χ0) is 10.1. The van der Waals surface area contributed by atoms with Crippen molar-refractivity contribution in [2.24, 2.45) is 0 Å². The number of hydrogen-bond acceptors (Lipinski definition) is 2. The third kappa shape index (κ3) is 1.84. The molecular formula is C9H9Cl3N2. The normalized spacial score (nSPS) is 21.5. The van der Waals surface area contributed by atoms with E-state index in [1.54, 1.807) is 6.20 Å². The monoisotopic (exact) mass is 250 g/mol. The van der Waals surface area contributed by atoms with Crippen LogP contribution in [0.25, 0.3) is 0 Å². The van der Waals surface area contributed by atoms with Gasteiger partial charge in [-0.3, -0.25) is 0 Å². The molecule has 0 saturated carbocycles. The van der Waals surface area contributed by atoms with Crippen LogP contribution >= 0.6 is 34.8 Å². The molecule has 1 aliphatic heterocycles. The summed E-state index contributed by atoms with van der Waals surface area (Å²) in [6.07, 6.45) is 3.72. The van der Waals surface area contributed by atoms with Crippen molar-refractivity contribution in [1.82, 2.24) is 10.3 Å². The molecule has 0 bridgehead atoms. The fraction of sp³-hybridized carbons (Fsp3) is 0.444. The van der Waals surface area contributed by atoms with Crippen LogP contribution < -0.4 is 5.32 Å². The van der Waals surface area contributed by atoms with Crippen LogP contribution in [0.5, 0.6) is 0 Å². The third-order valence-corrected chi connectivity index (χ3v) is 3.44. The van der Waals surface area contributed by atoms with Crippen LogP contribution in [0.3, 0.4) is 0 Å². The van der Waals surface area contributed by atoms with Gasteiger partial charge in [0.05, 0.1) is 10.0 Å². The minimum Gasteiger partial charge on any atom is -0.310 e. The molecule has 0 radical (unpaired) electrons.